The average molecular weight is 467 g/mol. The Balaban J connectivity index is 1.76. The lowest BCUT2D eigenvalue weighted by Crippen LogP contribution is -2.51. The number of nitrogens with zero attached hydrogens (tertiary/aromatic N) is 1. The summed E-state index contributed by atoms with van der Waals surface area (Å²) >= 11 is 0. The molecule has 0 saturated heterocycles. The Labute approximate surface area is 203 Å². The molecule has 6 nitrogen and oxygen atoms in total. The van der Waals surface area contributed by atoms with Crippen molar-refractivity contribution in [1.29, 1.82) is 0 Å². The summed E-state index contributed by atoms with van der Waals surface area (Å²) in [5.74, 6) is 1.24. The molecular weight excluding hydrogens is 428 g/mol. The molecule has 34 heavy (non-hydrogen) atoms. The third-order valence-electron chi connectivity index (χ3n) is 6.64. The number of amides is 2. The van der Waals surface area contributed by atoms with Gasteiger partial charge in [0.05, 0.1) is 14.2 Å². The fourth-order valence-corrected chi connectivity index (χ4v) is 4.61. The van der Waals surface area contributed by atoms with Crippen LogP contribution >= 0.6 is 0 Å². The third kappa shape index (κ3) is 6.75. The molecule has 6 heteroatoms. The van der Waals surface area contributed by atoms with Crippen LogP contribution in [0.5, 0.6) is 11.5 Å². The maximum Gasteiger partial charge on any atom is 0.243 e. The van der Waals surface area contributed by atoms with E-state index in [-0.39, 0.29) is 17.9 Å². The molecule has 2 aromatic carbocycles. The van der Waals surface area contributed by atoms with Gasteiger partial charge < -0.3 is 19.7 Å². The lowest BCUT2D eigenvalue weighted by molar-refractivity contribution is -0.141. The van der Waals surface area contributed by atoms with Gasteiger partial charge in [0.2, 0.25) is 11.8 Å². The predicted molar refractivity (Wildman–Crippen MR) is 134 cm³/mol. The summed E-state index contributed by atoms with van der Waals surface area (Å²) in [6.45, 7) is 4.43. The molecule has 2 amide bonds. The highest BCUT2D eigenvalue weighted by Gasteiger charge is 2.30. The van der Waals surface area contributed by atoms with Gasteiger partial charge >= 0.3 is 0 Å². The van der Waals surface area contributed by atoms with Crippen molar-refractivity contribution in [3.8, 4) is 11.5 Å². The SMILES string of the molecule is CC[C@H](C(=O)NC1CCCC1)N(Cc1ccc(C)cc1)C(=O)CCc1ccc(OC)c(OC)c1. The second kappa shape index (κ2) is 12.4. The molecule has 0 bridgehead atoms. The first-order chi connectivity index (χ1) is 16.4. The largest absolute Gasteiger partial charge is 0.493 e. The van der Waals surface area contributed by atoms with Crippen molar-refractivity contribution in [3.63, 3.8) is 0 Å². The number of hydrogen-bond donors (Lipinski definition) is 1. The first-order valence-electron chi connectivity index (χ1n) is 12.3. The van der Waals surface area contributed by atoms with E-state index >= 15 is 0 Å². The van der Waals surface area contributed by atoms with E-state index in [1.165, 1.54) is 5.56 Å². The highest BCUT2D eigenvalue weighted by atomic mass is 16.5. The van der Waals surface area contributed by atoms with Crippen molar-refractivity contribution in [2.24, 2.45) is 0 Å². The van der Waals surface area contributed by atoms with E-state index in [0.29, 0.717) is 37.3 Å². The van der Waals surface area contributed by atoms with Gasteiger partial charge in [-0.25, -0.2) is 0 Å². The van der Waals surface area contributed by atoms with Crippen molar-refractivity contribution in [1.82, 2.24) is 10.2 Å². The van der Waals surface area contributed by atoms with Crippen LogP contribution in [0.1, 0.15) is 62.1 Å². The number of methoxy groups -OCH3 is 2. The monoisotopic (exact) mass is 466 g/mol. The molecule has 1 saturated carbocycles. The zero-order valence-corrected chi connectivity index (χ0v) is 20.9. The van der Waals surface area contributed by atoms with E-state index < -0.39 is 6.04 Å². The third-order valence-corrected chi connectivity index (χ3v) is 6.64. The topological polar surface area (TPSA) is 67.9 Å². The van der Waals surface area contributed by atoms with Gasteiger partial charge in [0, 0.05) is 19.0 Å². The first kappa shape index (κ1) is 25.6. The summed E-state index contributed by atoms with van der Waals surface area (Å²) in [5, 5.41) is 3.20. The summed E-state index contributed by atoms with van der Waals surface area (Å²) in [6, 6.07) is 13.6. The zero-order valence-electron chi connectivity index (χ0n) is 20.9. The highest BCUT2D eigenvalue weighted by molar-refractivity contribution is 5.88. The fourth-order valence-electron chi connectivity index (χ4n) is 4.61. The number of ether oxygens (including phenoxy) is 2. The first-order valence-corrected chi connectivity index (χ1v) is 12.3. The van der Waals surface area contributed by atoms with Crippen LogP contribution < -0.4 is 14.8 Å². The van der Waals surface area contributed by atoms with Gasteiger partial charge in [0.25, 0.3) is 0 Å². The second-order valence-corrected chi connectivity index (χ2v) is 9.11. The second-order valence-electron chi connectivity index (χ2n) is 9.11. The van der Waals surface area contributed by atoms with Gasteiger partial charge in [0.15, 0.2) is 11.5 Å². The maximum atomic E-state index is 13.5. The van der Waals surface area contributed by atoms with E-state index in [4.69, 9.17) is 9.47 Å². The van der Waals surface area contributed by atoms with E-state index in [2.05, 4.69) is 5.32 Å². The van der Waals surface area contributed by atoms with Crippen molar-refractivity contribution < 1.29 is 19.1 Å². The number of rotatable bonds is 11. The summed E-state index contributed by atoms with van der Waals surface area (Å²) in [7, 11) is 3.20. The van der Waals surface area contributed by atoms with Crippen LogP contribution in [0.15, 0.2) is 42.5 Å². The molecule has 0 heterocycles. The van der Waals surface area contributed by atoms with Crippen LogP contribution in [-0.4, -0.2) is 43.0 Å². The van der Waals surface area contributed by atoms with Gasteiger partial charge in [-0.05, 0) is 55.9 Å². The number of carbonyl (C=O) groups excluding carboxylic acids is 2. The lowest BCUT2D eigenvalue weighted by Gasteiger charge is -2.31. The van der Waals surface area contributed by atoms with E-state index in [9.17, 15) is 9.59 Å². The maximum absolute atomic E-state index is 13.5. The Morgan fingerprint density at radius 2 is 1.65 bits per heavy atom. The number of aryl methyl sites for hydroxylation is 2. The Bertz CT molecular complexity index is 951. The van der Waals surface area contributed by atoms with Gasteiger partial charge in [-0.1, -0.05) is 55.7 Å². The predicted octanol–water partition coefficient (Wildman–Crippen LogP) is 4.81. The molecule has 184 valence electrons. The summed E-state index contributed by atoms with van der Waals surface area (Å²) in [6.07, 6.45) is 5.80. The van der Waals surface area contributed by atoms with Crippen LogP contribution in [0, 0.1) is 6.92 Å². The van der Waals surface area contributed by atoms with E-state index in [0.717, 1.165) is 36.8 Å². The Morgan fingerprint density at radius 1 is 1.00 bits per heavy atom. The van der Waals surface area contributed by atoms with Crippen LogP contribution in [0.25, 0.3) is 0 Å². The van der Waals surface area contributed by atoms with Crippen molar-refractivity contribution in [2.75, 3.05) is 14.2 Å². The van der Waals surface area contributed by atoms with Gasteiger partial charge in [-0.2, -0.15) is 0 Å². The molecule has 1 atom stereocenters. The Morgan fingerprint density at radius 3 is 2.26 bits per heavy atom. The highest BCUT2D eigenvalue weighted by Crippen LogP contribution is 2.28. The van der Waals surface area contributed by atoms with Crippen LogP contribution in [0.3, 0.4) is 0 Å². The molecule has 0 aromatic heterocycles. The molecule has 3 rings (SSSR count). The quantitative estimate of drug-likeness (QED) is 0.516. The number of hydrogen-bond acceptors (Lipinski definition) is 4. The van der Waals surface area contributed by atoms with E-state index in [1.54, 1.807) is 19.1 Å². The normalized spacial score (nSPS) is 14.5. The Kier molecular flexibility index (Phi) is 9.37. The van der Waals surface area contributed by atoms with E-state index in [1.807, 2.05) is 56.3 Å². The van der Waals surface area contributed by atoms with Crippen molar-refractivity contribution in [3.05, 3.63) is 59.2 Å². The Hall–Kier alpha value is -3.02. The van der Waals surface area contributed by atoms with Gasteiger partial charge in [0.1, 0.15) is 6.04 Å². The van der Waals surface area contributed by atoms with Crippen LogP contribution in [0.4, 0.5) is 0 Å². The number of carbonyl (C=O) groups is 2. The van der Waals surface area contributed by atoms with Crippen LogP contribution in [0.2, 0.25) is 0 Å². The molecule has 1 aliphatic rings. The number of nitrogens with one attached hydrogen (secondary N) is 1. The number of benzene rings is 2. The van der Waals surface area contributed by atoms with Gasteiger partial charge in [-0.15, -0.1) is 0 Å². The fraction of sp³-hybridized carbons (Fsp3) is 0.500. The molecule has 0 aliphatic heterocycles. The average Bonchev–Trinajstić information content (AvgIpc) is 3.36. The standard InChI is InChI=1S/C28H38N2O4/c1-5-24(28(32)29-23-8-6-7-9-23)30(19-22-12-10-20(2)11-13-22)27(31)17-15-21-14-16-25(33-3)26(18-21)34-4/h10-14,16,18,23-24H,5-9,15,17,19H2,1-4H3,(H,29,32)/t24-/m1/s1. The molecule has 1 fully saturated rings. The smallest absolute Gasteiger partial charge is 0.243 e. The van der Waals surface area contributed by atoms with Crippen molar-refractivity contribution in [2.45, 2.75) is 77.4 Å². The molecule has 2 aromatic rings. The molecule has 0 radical (unpaired) electrons. The molecule has 1 aliphatic carbocycles. The minimum absolute atomic E-state index is 0.0243. The summed E-state index contributed by atoms with van der Waals surface area (Å²) < 4.78 is 10.7. The molecule has 0 unspecified atom stereocenters. The molecule has 1 N–H and O–H groups in total. The van der Waals surface area contributed by atoms with Crippen LogP contribution in [-0.2, 0) is 22.6 Å². The van der Waals surface area contributed by atoms with Gasteiger partial charge in [-0.3, -0.25) is 9.59 Å². The summed E-state index contributed by atoms with van der Waals surface area (Å²) in [5.41, 5.74) is 3.18. The minimum atomic E-state index is -0.486. The molecular formula is C28H38N2O4. The molecule has 0 spiro atoms. The van der Waals surface area contributed by atoms with Crippen molar-refractivity contribution >= 4 is 11.8 Å². The zero-order chi connectivity index (χ0) is 24.5. The minimum Gasteiger partial charge on any atom is -0.493 e. The summed E-state index contributed by atoms with van der Waals surface area (Å²) in [4.78, 5) is 28.5. The lowest BCUT2D eigenvalue weighted by atomic mass is 10.0.